The Morgan fingerprint density at radius 1 is 1.38 bits per heavy atom. The van der Waals surface area contributed by atoms with Crippen LogP contribution in [0.3, 0.4) is 0 Å². The molecule has 0 spiro atoms. The molecule has 0 aromatic carbocycles. The van der Waals surface area contributed by atoms with E-state index in [-0.39, 0.29) is 6.10 Å². The molecule has 1 fully saturated rings. The number of rotatable bonds is 6. The first-order valence-corrected chi connectivity index (χ1v) is 8.00. The summed E-state index contributed by atoms with van der Waals surface area (Å²) >= 11 is 0. The molecule has 0 radical (unpaired) electrons. The van der Waals surface area contributed by atoms with Gasteiger partial charge >= 0.3 is 0 Å². The van der Waals surface area contributed by atoms with Crippen molar-refractivity contribution in [2.75, 3.05) is 30.7 Å². The SMILES string of the molecule is CCCN1CCC(Nc2ccc(N)c(OC(C)C)n2)CC1. The molecule has 0 aliphatic carbocycles. The van der Waals surface area contributed by atoms with Crippen LogP contribution in [0.25, 0.3) is 0 Å². The Morgan fingerprint density at radius 3 is 2.71 bits per heavy atom. The van der Waals surface area contributed by atoms with E-state index in [0.29, 0.717) is 17.6 Å². The van der Waals surface area contributed by atoms with Crippen LogP contribution in [-0.4, -0.2) is 41.7 Å². The molecule has 2 heterocycles. The lowest BCUT2D eigenvalue weighted by Gasteiger charge is -2.32. The van der Waals surface area contributed by atoms with Gasteiger partial charge in [0.15, 0.2) is 0 Å². The molecule has 0 amide bonds. The zero-order valence-electron chi connectivity index (χ0n) is 13.4. The van der Waals surface area contributed by atoms with Gasteiger partial charge in [0.05, 0.1) is 11.8 Å². The van der Waals surface area contributed by atoms with Gasteiger partial charge in [-0.25, -0.2) is 0 Å². The summed E-state index contributed by atoms with van der Waals surface area (Å²) in [5, 5.41) is 3.51. The predicted molar refractivity (Wildman–Crippen MR) is 87.8 cm³/mol. The number of pyridine rings is 1. The maximum absolute atomic E-state index is 5.90. The van der Waals surface area contributed by atoms with E-state index in [2.05, 4.69) is 22.1 Å². The summed E-state index contributed by atoms with van der Waals surface area (Å²) in [6, 6.07) is 4.28. The molecule has 5 nitrogen and oxygen atoms in total. The van der Waals surface area contributed by atoms with Gasteiger partial charge in [-0.15, -0.1) is 0 Å². The van der Waals surface area contributed by atoms with E-state index in [1.807, 2.05) is 26.0 Å². The van der Waals surface area contributed by atoms with Gasteiger partial charge in [0, 0.05) is 19.1 Å². The van der Waals surface area contributed by atoms with Crippen molar-refractivity contribution in [1.29, 1.82) is 0 Å². The molecule has 0 saturated carbocycles. The quantitative estimate of drug-likeness (QED) is 0.844. The average molecular weight is 292 g/mol. The lowest BCUT2D eigenvalue weighted by molar-refractivity contribution is 0.219. The predicted octanol–water partition coefficient (Wildman–Crippen LogP) is 2.74. The lowest BCUT2D eigenvalue weighted by atomic mass is 10.0. The monoisotopic (exact) mass is 292 g/mol. The Labute approximate surface area is 127 Å². The van der Waals surface area contributed by atoms with Crippen molar-refractivity contribution < 1.29 is 4.74 Å². The first-order chi connectivity index (χ1) is 10.1. The van der Waals surface area contributed by atoms with Crippen LogP contribution in [0.15, 0.2) is 12.1 Å². The van der Waals surface area contributed by atoms with Crippen molar-refractivity contribution >= 4 is 11.5 Å². The van der Waals surface area contributed by atoms with Gasteiger partial charge in [-0.3, -0.25) is 0 Å². The molecule has 1 aliphatic heterocycles. The molecule has 118 valence electrons. The first kappa shape index (κ1) is 15.9. The summed E-state index contributed by atoms with van der Waals surface area (Å²) in [5.74, 6) is 1.38. The highest BCUT2D eigenvalue weighted by atomic mass is 16.5. The smallest absolute Gasteiger partial charge is 0.239 e. The van der Waals surface area contributed by atoms with Crippen molar-refractivity contribution in [2.24, 2.45) is 0 Å². The third-order valence-corrected chi connectivity index (χ3v) is 3.72. The minimum atomic E-state index is 0.0762. The normalized spacial score (nSPS) is 17.1. The number of ether oxygens (including phenoxy) is 1. The van der Waals surface area contributed by atoms with Crippen LogP contribution in [0.5, 0.6) is 5.88 Å². The number of hydrogen-bond acceptors (Lipinski definition) is 5. The van der Waals surface area contributed by atoms with Gasteiger partial charge in [-0.1, -0.05) is 6.92 Å². The van der Waals surface area contributed by atoms with Crippen molar-refractivity contribution in [3.63, 3.8) is 0 Å². The minimum absolute atomic E-state index is 0.0762. The Kier molecular flexibility index (Phi) is 5.67. The highest BCUT2D eigenvalue weighted by Gasteiger charge is 2.19. The van der Waals surface area contributed by atoms with Crippen LogP contribution in [0.1, 0.15) is 40.0 Å². The molecule has 3 N–H and O–H groups in total. The van der Waals surface area contributed by atoms with Crippen molar-refractivity contribution in [1.82, 2.24) is 9.88 Å². The Bertz CT molecular complexity index is 442. The molecule has 1 aromatic heterocycles. The second-order valence-electron chi connectivity index (χ2n) is 6.02. The fourth-order valence-electron chi connectivity index (χ4n) is 2.68. The van der Waals surface area contributed by atoms with E-state index >= 15 is 0 Å². The topological polar surface area (TPSA) is 63.4 Å². The van der Waals surface area contributed by atoms with Crippen LogP contribution < -0.4 is 15.8 Å². The molecule has 2 rings (SSSR count). The number of nitrogens with zero attached hydrogens (tertiary/aromatic N) is 2. The van der Waals surface area contributed by atoms with Gasteiger partial charge in [-0.2, -0.15) is 4.98 Å². The van der Waals surface area contributed by atoms with Gasteiger partial charge in [0.2, 0.25) is 5.88 Å². The van der Waals surface area contributed by atoms with E-state index in [4.69, 9.17) is 10.5 Å². The van der Waals surface area contributed by atoms with Crippen LogP contribution in [0.2, 0.25) is 0 Å². The third-order valence-electron chi connectivity index (χ3n) is 3.72. The molecule has 5 heteroatoms. The molecule has 21 heavy (non-hydrogen) atoms. The second kappa shape index (κ2) is 7.50. The van der Waals surface area contributed by atoms with E-state index in [1.165, 1.54) is 13.0 Å². The number of likely N-dealkylation sites (tertiary alicyclic amines) is 1. The van der Waals surface area contributed by atoms with Gasteiger partial charge in [0.1, 0.15) is 5.82 Å². The van der Waals surface area contributed by atoms with E-state index in [1.54, 1.807) is 0 Å². The van der Waals surface area contributed by atoms with E-state index < -0.39 is 0 Å². The van der Waals surface area contributed by atoms with Crippen LogP contribution in [0.4, 0.5) is 11.5 Å². The number of nitrogens with two attached hydrogens (primary N) is 1. The number of anilines is 2. The molecular formula is C16H28N4O. The van der Waals surface area contributed by atoms with Gasteiger partial charge < -0.3 is 20.7 Å². The van der Waals surface area contributed by atoms with Crippen molar-refractivity contribution in [2.45, 2.75) is 52.2 Å². The maximum atomic E-state index is 5.90. The van der Waals surface area contributed by atoms with Gasteiger partial charge in [0.25, 0.3) is 0 Å². The number of aromatic nitrogens is 1. The summed E-state index contributed by atoms with van der Waals surface area (Å²) in [6.45, 7) is 9.72. The van der Waals surface area contributed by atoms with Gasteiger partial charge in [-0.05, 0) is 51.8 Å². The zero-order valence-corrected chi connectivity index (χ0v) is 13.4. The number of nitrogens with one attached hydrogen (secondary N) is 1. The summed E-state index contributed by atoms with van der Waals surface area (Å²) in [5.41, 5.74) is 6.49. The molecule has 1 aliphatic rings. The zero-order chi connectivity index (χ0) is 15.2. The number of nitrogen functional groups attached to an aromatic ring is 1. The largest absolute Gasteiger partial charge is 0.473 e. The van der Waals surface area contributed by atoms with Crippen molar-refractivity contribution in [3.8, 4) is 5.88 Å². The highest BCUT2D eigenvalue weighted by molar-refractivity contribution is 5.53. The summed E-state index contributed by atoms with van der Waals surface area (Å²) in [4.78, 5) is 7.02. The van der Waals surface area contributed by atoms with E-state index in [9.17, 15) is 0 Å². The minimum Gasteiger partial charge on any atom is -0.473 e. The van der Waals surface area contributed by atoms with Crippen LogP contribution in [-0.2, 0) is 0 Å². The summed E-state index contributed by atoms with van der Waals surface area (Å²) in [6.07, 6.45) is 3.62. The second-order valence-corrected chi connectivity index (χ2v) is 6.02. The maximum Gasteiger partial charge on any atom is 0.239 e. The number of piperidine rings is 1. The summed E-state index contributed by atoms with van der Waals surface area (Å²) < 4.78 is 5.64. The Balaban J connectivity index is 1.91. The molecule has 0 atom stereocenters. The molecular weight excluding hydrogens is 264 g/mol. The van der Waals surface area contributed by atoms with Crippen molar-refractivity contribution in [3.05, 3.63) is 12.1 Å². The first-order valence-electron chi connectivity index (χ1n) is 8.00. The Morgan fingerprint density at radius 2 is 2.10 bits per heavy atom. The average Bonchev–Trinajstić information content (AvgIpc) is 2.44. The summed E-state index contributed by atoms with van der Waals surface area (Å²) in [7, 11) is 0. The molecule has 1 aromatic rings. The molecule has 0 bridgehead atoms. The van der Waals surface area contributed by atoms with E-state index in [0.717, 1.165) is 31.7 Å². The lowest BCUT2D eigenvalue weighted by Crippen LogP contribution is -2.39. The Hall–Kier alpha value is -1.49. The fraction of sp³-hybridized carbons (Fsp3) is 0.688. The fourth-order valence-corrected chi connectivity index (χ4v) is 2.68. The van der Waals surface area contributed by atoms with Crippen LogP contribution in [0, 0.1) is 0 Å². The molecule has 0 unspecified atom stereocenters. The highest BCUT2D eigenvalue weighted by Crippen LogP contribution is 2.23. The third kappa shape index (κ3) is 4.77. The molecule has 1 saturated heterocycles. The standard InChI is InChI=1S/C16H28N4O/c1-4-9-20-10-7-13(8-11-20)18-15-6-5-14(17)16(19-15)21-12(2)3/h5-6,12-13H,4,7-11,17H2,1-3H3,(H,18,19). The van der Waals surface area contributed by atoms with Crippen LogP contribution >= 0.6 is 0 Å². The number of hydrogen-bond donors (Lipinski definition) is 2.